The SMILES string of the molecule is COC(=O)c1sc2ncn3nc(-c4cc5n(n4)[C@@H](C(F)(F)F)C[C@@H](c4ccc(Cl)cc4)N5)nc3c2c1C. The minimum atomic E-state index is -4.52. The summed E-state index contributed by atoms with van der Waals surface area (Å²) in [6, 6.07) is 5.76. The third-order valence-electron chi connectivity index (χ3n) is 6.33. The Labute approximate surface area is 215 Å². The van der Waals surface area contributed by atoms with Gasteiger partial charge in [0.1, 0.15) is 27.5 Å². The molecule has 0 spiro atoms. The summed E-state index contributed by atoms with van der Waals surface area (Å²) in [5, 5.41) is 12.9. The third kappa shape index (κ3) is 3.89. The van der Waals surface area contributed by atoms with E-state index in [9.17, 15) is 18.0 Å². The molecule has 190 valence electrons. The second-order valence-corrected chi connectivity index (χ2v) is 10.0. The second-order valence-electron chi connectivity index (χ2n) is 8.58. The summed E-state index contributed by atoms with van der Waals surface area (Å²) in [4.78, 5) is 22.0. The van der Waals surface area contributed by atoms with Crippen molar-refractivity contribution < 1.29 is 22.7 Å². The van der Waals surface area contributed by atoms with Crippen LogP contribution in [-0.2, 0) is 4.74 Å². The predicted molar refractivity (Wildman–Crippen MR) is 131 cm³/mol. The van der Waals surface area contributed by atoms with Crippen molar-refractivity contribution in [2.24, 2.45) is 0 Å². The Bertz CT molecular complexity index is 1680. The minimum Gasteiger partial charge on any atom is -0.465 e. The number of hydrogen-bond donors (Lipinski definition) is 1. The summed E-state index contributed by atoms with van der Waals surface area (Å²) in [5.41, 5.74) is 1.90. The maximum Gasteiger partial charge on any atom is 0.410 e. The molecule has 0 aliphatic carbocycles. The molecule has 0 saturated heterocycles. The zero-order valence-electron chi connectivity index (χ0n) is 19.2. The summed E-state index contributed by atoms with van der Waals surface area (Å²) in [5.74, 6) is -0.155. The van der Waals surface area contributed by atoms with E-state index in [4.69, 9.17) is 16.3 Å². The van der Waals surface area contributed by atoms with Crippen LogP contribution in [-0.4, -0.2) is 48.6 Å². The molecule has 0 unspecified atom stereocenters. The van der Waals surface area contributed by atoms with Gasteiger partial charge in [-0.25, -0.2) is 24.0 Å². The third-order valence-corrected chi connectivity index (χ3v) is 7.76. The average Bonchev–Trinajstić information content (AvgIpc) is 3.57. The van der Waals surface area contributed by atoms with E-state index in [-0.39, 0.29) is 23.8 Å². The Morgan fingerprint density at radius 1 is 1.24 bits per heavy atom. The molecular weight excluding hydrogens is 531 g/mol. The fraction of sp³-hybridized carbons (Fsp3) is 0.261. The molecule has 14 heteroatoms. The fourth-order valence-corrected chi connectivity index (χ4v) is 5.71. The first-order chi connectivity index (χ1) is 17.6. The second kappa shape index (κ2) is 8.42. The maximum absolute atomic E-state index is 14.1. The number of nitrogens with one attached hydrogen (secondary N) is 1. The highest BCUT2D eigenvalue weighted by atomic mass is 35.5. The smallest absolute Gasteiger partial charge is 0.410 e. The number of rotatable bonds is 3. The van der Waals surface area contributed by atoms with Crippen molar-refractivity contribution in [2.45, 2.75) is 31.6 Å². The number of thiophene rings is 1. The van der Waals surface area contributed by atoms with E-state index in [1.54, 1.807) is 31.2 Å². The van der Waals surface area contributed by atoms with Crippen molar-refractivity contribution in [3.63, 3.8) is 0 Å². The quantitative estimate of drug-likeness (QED) is 0.293. The highest BCUT2D eigenvalue weighted by Gasteiger charge is 2.46. The fourth-order valence-electron chi connectivity index (χ4n) is 4.53. The van der Waals surface area contributed by atoms with Gasteiger partial charge in [-0.2, -0.15) is 18.3 Å². The highest BCUT2D eigenvalue weighted by Crippen LogP contribution is 2.44. The van der Waals surface area contributed by atoms with Crippen molar-refractivity contribution in [1.29, 1.82) is 0 Å². The normalized spacial score (nSPS) is 17.7. The number of benzene rings is 1. The first kappa shape index (κ1) is 23.7. The summed E-state index contributed by atoms with van der Waals surface area (Å²) < 4.78 is 49.4. The average molecular weight is 548 g/mol. The van der Waals surface area contributed by atoms with Gasteiger partial charge in [-0.05, 0) is 30.2 Å². The molecular formula is C23H17ClF3N7O2S. The summed E-state index contributed by atoms with van der Waals surface area (Å²) in [6.45, 7) is 1.76. The largest absolute Gasteiger partial charge is 0.465 e. The van der Waals surface area contributed by atoms with E-state index < -0.39 is 24.2 Å². The van der Waals surface area contributed by atoms with Gasteiger partial charge in [0.05, 0.1) is 18.5 Å². The Hall–Kier alpha value is -3.71. The van der Waals surface area contributed by atoms with Crippen molar-refractivity contribution in [2.75, 3.05) is 12.4 Å². The first-order valence-corrected chi connectivity index (χ1v) is 12.2. The lowest BCUT2D eigenvalue weighted by Crippen LogP contribution is -2.35. The van der Waals surface area contributed by atoms with Gasteiger partial charge in [-0.15, -0.1) is 16.4 Å². The Morgan fingerprint density at radius 2 is 2.00 bits per heavy atom. The minimum absolute atomic E-state index is 0.132. The van der Waals surface area contributed by atoms with Gasteiger partial charge in [0.2, 0.25) is 5.82 Å². The standard InChI is InChI=1S/C23H17ClF3N7O2S/c1-10-17-20-30-19(32-33(20)9-28-21(17)37-18(10)22(35)36-2)14-8-16-29-13(11-3-5-12(24)6-4-11)7-15(23(25,26)27)34(16)31-14/h3-6,8-9,13,15,29H,7H2,1-2H3/t13-,15+/m0/s1. The molecule has 0 bridgehead atoms. The van der Waals surface area contributed by atoms with Crippen LogP contribution in [0.15, 0.2) is 36.7 Å². The lowest BCUT2D eigenvalue weighted by atomic mass is 9.97. The molecule has 6 rings (SSSR count). The predicted octanol–water partition coefficient (Wildman–Crippen LogP) is 5.61. The molecule has 5 heterocycles. The summed E-state index contributed by atoms with van der Waals surface area (Å²) in [6.07, 6.45) is -3.33. The van der Waals surface area contributed by atoms with E-state index in [0.29, 0.717) is 36.9 Å². The van der Waals surface area contributed by atoms with Gasteiger partial charge in [-0.1, -0.05) is 23.7 Å². The number of halogens is 4. The zero-order valence-corrected chi connectivity index (χ0v) is 20.8. The number of hydrogen-bond acceptors (Lipinski definition) is 8. The number of fused-ring (bicyclic) bond motifs is 4. The number of aryl methyl sites for hydroxylation is 1. The Balaban J connectivity index is 1.44. The Morgan fingerprint density at radius 3 is 2.70 bits per heavy atom. The van der Waals surface area contributed by atoms with Crippen LogP contribution in [0.5, 0.6) is 0 Å². The molecule has 4 aromatic heterocycles. The number of esters is 1. The van der Waals surface area contributed by atoms with Crippen molar-refractivity contribution in [3.8, 4) is 11.5 Å². The van der Waals surface area contributed by atoms with E-state index >= 15 is 0 Å². The van der Waals surface area contributed by atoms with Crippen LogP contribution in [0.25, 0.3) is 27.4 Å². The van der Waals surface area contributed by atoms with E-state index in [2.05, 4.69) is 25.5 Å². The van der Waals surface area contributed by atoms with E-state index in [1.165, 1.54) is 35.4 Å². The van der Waals surface area contributed by atoms with Crippen molar-refractivity contribution in [1.82, 2.24) is 29.4 Å². The van der Waals surface area contributed by atoms with E-state index in [1.807, 2.05) is 0 Å². The molecule has 1 aliphatic rings. The van der Waals surface area contributed by atoms with Gasteiger partial charge in [0.25, 0.3) is 0 Å². The van der Waals surface area contributed by atoms with Crippen LogP contribution in [0.1, 0.15) is 39.3 Å². The van der Waals surface area contributed by atoms with E-state index in [0.717, 1.165) is 4.68 Å². The molecule has 2 atom stereocenters. The number of ether oxygens (including phenoxy) is 1. The number of aromatic nitrogens is 6. The van der Waals surface area contributed by atoms with Crippen LogP contribution >= 0.6 is 22.9 Å². The highest BCUT2D eigenvalue weighted by molar-refractivity contribution is 7.20. The molecule has 9 nitrogen and oxygen atoms in total. The molecule has 37 heavy (non-hydrogen) atoms. The number of alkyl halides is 3. The number of anilines is 1. The molecule has 0 saturated carbocycles. The molecule has 0 amide bonds. The van der Waals surface area contributed by atoms with Gasteiger partial charge in [0, 0.05) is 17.5 Å². The number of carbonyl (C=O) groups is 1. The van der Waals surface area contributed by atoms with Gasteiger partial charge < -0.3 is 10.1 Å². The lowest BCUT2D eigenvalue weighted by Gasteiger charge is -2.33. The van der Waals surface area contributed by atoms with Crippen LogP contribution in [0.2, 0.25) is 5.02 Å². The summed E-state index contributed by atoms with van der Waals surface area (Å²) in [7, 11) is 1.30. The zero-order chi connectivity index (χ0) is 26.1. The monoisotopic (exact) mass is 547 g/mol. The number of carbonyl (C=O) groups excluding carboxylic acids is 1. The number of nitrogens with zero attached hydrogens (tertiary/aromatic N) is 6. The molecule has 1 aliphatic heterocycles. The van der Waals surface area contributed by atoms with Crippen LogP contribution < -0.4 is 5.32 Å². The topological polar surface area (TPSA) is 99.2 Å². The van der Waals surface area contributed by atoms with Gasteiger partial charge in [-0.3, -0.25) is 0 Å². The molecule has 5 aromatic rings. The van der Waals surface area contributed by atoms with Crippen LogP contribution in [0.3, 0.4) is 0 Å². The molecule has 1 aromatic carbocycles. The van der Waals surface area contributed by atoms with Crippen molar-refractivity contribution in [3.05, 3.63) is 57.7 Å². The van der Waals surface area contributed by atoms with Crippen LogP contribution in [0, 0.1) is 6.92 Å². The van der Waals surface area contributed by atoms with Crippen molar-refractivity contribution >= 4 is 50.6 Å². The van der Waals surface area contributed by atoms with Gasteiger partial charge >= 0.3 is 12.1 Å². The lowest BCUT2D eigenvalue weighted by molar-refractivity contribution is -0.173. The number of methoxy groups -OCH3 is 1. The molecule has 1 N–H and O–H groups in total. The summed E-state index contributed by atoms with van der Waals surface area (Å²) >= 11 is 7.12. The molecule has 0 fully saturated rings. The first-order valence-electron chi connectivity index (χ1n) is 11.1. The molecule has 0 radical (unpaired) electrons. The van der Waals surface area contributed by atoms with Crippen LogP contribution in [0.4, 0.5) is 19.0 Å². The maximum atomic E-state index is 14.1. The van der Waals surface area contributed by atoms with Gasteiger partial charge in [0.15, 0.2) is 11.7 Å². The Kier molecular flexibility index (Phi) is 5.38.